The Balaban J connectivity index is 1.18. The molecule has 2 fully saturated rings. The van der Waals surface area contributed by atoms with Gasteiger partial charge in [0.1, 0.15) is 13.2 Å². The van der Waals surface area contributed by atoms with Crippen LogP contribution in [0, 0.1) is 6.92 Å². The topological polar surface area (TPSA) is 85.0 Å². The number of aryl methyl sites for hydroxylation is 2. The van der Waals surface area contributed by atoms with Crippen molar-refractivity contribution >= 4 is 46.3 Å². The molecular weight excluding hydrogens is 659 g/mol. The predicted molar refractivity (Wildman–Crippen MR) is 187 cm³/mol. The van der Waals surface area contributed by atoms with Crippen LogP contribution in [0.4, 0.5) is 0 Å². The molecule has 3 heterocycles. The van der Waals surface area contributed by atoms with Crippen LogP contribution in [-0.4, -0.2) is 73.9 Å². The molecule has 2 atom stereocenters. The summed E-state index contributed by atoms with van der Waals surface area (Å²) >= 11 is 19.3. The van der Waals surface area contributed by atoms with Crippen LogP contribution in [0.3, 0.4) is 0 Å². The molecule has 1 saturated carbocycles. The van der Waals surface area contributed by atoms with E-state index in [0.717, 1.165) is 66.5 Å². The number of aromatic nitrogens is 1. The van der Waals surface area contributed by atoms with Gasteiger partial charge in [-0.1, -0.05) is 46.9 Å². The van der Waals surface area contributed by atoms with Gasteiger partial charge >= 0.3 is 0 Å². The minimum atomic E-state index is -0.0874. The van der Waals surface area contributed by atoms with Crippen molar-refractivity contribution in [3.8, 4) is 11.6 Å². The Hall–Kier alpha value is -2.85. The second-order valence-corrected chi connectivity index (χ2v) is 13.7. The van der Waals surface area contributed by atoms with E-state index >= 15 is 0 Å². The van der Waals surface area contributed by atoms with Gasteiger partial charge in [-0.2, -0.15) is 0 Å². The smallest absolute Gasteiger partial charge is 0.252 e. The fourth-order valence-corrected chi connectivity index (χ4v) is 7.30. The second kappa shape index (κ2) is 15.6. The number of hydrogen-bond donors (Lipinski definition) is 2. The summed E-state index contributed by atoms with van der Waals surface area (Å²) < 4.78 is 16.9. The number of amides is 1. The van der Waals surface area contributed by atoms with Crippen molar-refractivity contribution in [3.05, 3.63) is 91.6 Å². The summed E-state index contributed by atoms with van der Waals surface area (Å²) in [6.07, 6.45) is 6.37. The van der Waals surface area contributed by atoms with Gasteiger partial charge in [0.25, 0.3) is 5.91 Å². The minimum absolute atomic E-state index is 0.0638. The highest BCUT2D eigenvalue weighted by molar-refractivity contribution is 6.37. The lowest BCUT2D eigenvalue weighted by molar-refractivity contribution is -0.128. The second-order valence-electron chi connectivity index (χ2n) is 12.5. The lowest BCUT2D eigenvalue weighted by Gasteiger charge is -2.40. The maximum absolute atomic E-state index is 14.6. The molecule has 8 nitrogen and oxygen atoms in total. The van der Waals surface area contributed by atoms with Crippen LogP contribution < -0.4 is 20.1 Å². The molecule has 0 unspecified atom stereocenters. The monoisotopic (exact) mass is 698 g/mol. The van der Waals surface area contributed by atoms with Crippen molar-refractivity contribution in [2.75, 3.05) is 40.0 Å². The molecule has 250 valence electrons. The number of benzene rings is 2. The van der Waals surface area contributed by atoms with E-state index in [1.165, 1.54) is 5.56 Å². The first-order valence-corrected chi connectivity index (χ1v) is 17.4. The number of hydrogen-bond acceptors (Lipinski definition) is 7. The normalized spacial score (nSPS) is 19.1. The van der Waals surface area contributed by atoms with E-state index in [0.29, 0.717) is 46.4 Å². The first-order valence-electron chi connectivity index (χ1n) is 16.3. The summed E-state index contributed by atoms with van der Waals surface area (Å²) in [6.45, 7) is 5.18. The lowest BCUT2D eigenvalue weighted by atomic mass is 9.84. The molecule has 1 aliphatic carbocycles. The molecule has 2 aromatic carbocycles. The Kier molecular flexibility index (Phi) is 11.3. The number of halogens is 3. The summed E-state index contributed by atoms with van der Waals surface area (Å²) in [4.78, 5) is 21.2. The molecule has 3 aromatic rings. The van der Waals surface area contributed by atoms with E-state index in [9.17, 15) is 4.79 Å². The standard InChI is InChI=1S/C36H41Cl3N4O4/c1-22-14-30(38)35(31(39)15-22)47-13-12-46-33-10-6-24(18-41-33)28-17-26-19-40-20-32(42-26)34(28)36(44)43(27-7-8-27)21-25-16-23(4-3-11-45-2)5-9-29(25)37/h5-6,9-10,14-16,18,26-27,32,40,42H,3-4,7-8,11-13,17,19-21H2,1-2H3/t26-,32+/m1/s1. The van der Waals surface area contributed by atoms with Gasteiger partial charge in [-0.3, -0.25) is 4.79 Å². The van der Waals surface area contributed by atoms with Gasteiger partial charge in [-0.25, -0.2) is 4.98 Å². The summed E-state index contributed by atoms with van der Waals surface area (Å²) in [5.74, 6) is 0.981. The maximum atomic E-state index is 14.6. The Morgan fingerprint density at radius 3 is 2.49 bits per heavy atom. The number of piperazine rings is 1. The third-order valence-corrected chi connectivity index (χ3v) is 9.78. The van der Waals surface area contributed by atoms with E-state index in [1.54, 1.807) is 7.11 Å². The average molecular weight is 700 g/mol. The van der Waals surface area contributed by atoms with Crippen molar-refractivity contribution in [3.63, 3.8) is 0 Å². The van der Waals surface area contributed by atoms with E-state index in [1.807, 2.05) is 48.4 Å². The van der Waals surface area contributed by atoms with Crippen molar-refractivity contribution in [1.29, 1.82) is 0 Å². The van der Waals surface area contributed by atoms with Crippen molar-refractivity contribution in [1.82, 2.24) is 20.5 Å². The van der Waals surface area contributed by atoms with E-state index < -0.39 is 0 Å². The van der Waals surface area contributed by atoms with Crippen LogP contribution in [0.25, 0.3) is 5.57 Å². The fourth-order valence-electron chi connectivity index (χ4n) is 6.41. The highest BCUT2D eigenvalue weighted by Crippen LogP contribution is 2.37. The number of carbonyl (C=O) groups excluding carboxylic acids is 1. The number of pyridine rings is 1. The SMILES string of the molecule is COCCCc1ccc(Cl)c(CN(C(=O)C2=C(c3ccc(OCCOc4c(Cl)cc(C)cc4Cl)nc3)C[C@@H]3CNC[C@@H]2N3)C2CC2)c1. The Morgan fingerprint density at radius 1 is 0.979 bits per heavy atom. The summed E-state index contributed by atoms with van der Waals surface area (Å²) in [5.41, 5.74) is 5.93. The van der Waals surface area contributed by atoms with Gasteiger partial charge in [0.15, 0.2) is 5.75 Å². The maximum Gasteiger partial charge on any atom is 0.252 e. The number of nitrogens with zero attached hydrogens (tertiary/aromatic N) is 2. The van der Waals surface area contributed by atoms with Gasteiger partial charge < -0.3 is 29.7 Å². The third-order valence-electron chi connectivity index (χ3n) is 8.85. The highest BCUT2D eigenvalue weighted by atomic mass is 35.5. The molecule has 0 spiro atoms. The zero-order valence-electron chi connectivity index (χ0n) is 26.8. The Labute approximate surface area is 291 Å². The van der Waals surface area contributed by atoms with Crippen LogP contribution in [-0.2, 0) is 22.5 Å². The highest BCUT2D eigenvalue weighted by Gasteiger charge is 2.41. The average Bonchev–Trinajstić information content (AvgIpc) is 3.90. The summed E-state index contributed by atoms with van der Waals surface area (Å²) in [6, 6.07) is 14.0. The molecule has 2 bridgehead atoms. The number of nitrogens with one attached hydrogen (secondary N) is 2. The zero-order chi connectivity index (χ0) is 32.9. The number of ether oxygens (including phenoxy) is 3. The predicted octanol–water partition coefficient (Wildman–Crippen LogP) is 6.67. The van der Waals surface area contributed by atoms with Crippen molar-refractivity contribution in [2.45, 2.75) is 63.7 Å². The quantitative estimate of drug-likeness (QED) is 0.182. The van der Waals surface area contributed by atoms with Gasteiger partial charge in [0.05, 0.1) is 16.1 Å². The molecule has 1 amide bonds. The van der Waals surface area contributed by atoms with Crippen molar-refractivity contribution < 1.29 is 19.0 Å². The van der Waals surface area contributed by atoms with Gasteiger partial charge in [0.2, 0.25) is 5.88 Å². The van der Waals surface area contributed by atoms with E-state index in [4.69, 9.17) is 49.0 Å². The minimum Gasteiger partial charge on any atom is -0.487 e. The number of methoxy groups -OCH3 is 1. The van der Waals surface area contributed by atoms with Gasteiger partial charge in [-0.05, 0) is 91.1 Å². The third kappa shape index (κ3) is 8.42. The summed E-state index contributed by atoms with van der Waals surface area (Å²) in [5, 5.41) is 8.83. The molecule has 2 aliphatic heterocycles. The van der Waals surface area contributed by atoms with Crippen LogP contribution in [0.1, 0.15) is 47.9 Å². The van der Waals surface area contributed by atoms with Crippen LogP contribution in [0.15, 0.2) is 54.2 Å². The van der Waals surface area contributed by atoms with E-state index in [2.05, 4.69) is 27.8 Å². The van der Waals surface area contributed by atoms with Crippen LogP contribution in [0.2, 0.25) is 15.1 Å². The largest absolute Gasteiger partial charge is 0.487 e. The van der Waals surface area contributed by atoms with Gasteiger partial charge in [0, 0.05) is 68.3 Å². The summed E-state index contributed by atoms with van der Waals surface area (Å²) in [7, 11) is 1.72. The molecule has 0 radical (unpaired) electrons. The molecule has 2 N–H and O–H groups in total. The molecule has 11 heteroatoms. The number of fused-ring (bicyclic) bond motifs is 2. The number of carbonyl (C=O) groups is 1. The van der Waals surface area contributed by atoms with Gasteiger partial charge in [-0.15, -0.1) is 0 Å². The Bertz CT molecular complexity index is 1590. The molecule has 1 aromatic heterocycles. The molecule has 47 heavy (non-hydrogen) atoms. The zero-order valence-corrected chi connectivity index (χ0v) is 29.1. The van der Waals surface area contributed by atoms with Crippen LogP contribution >= 0.6 is 34.8 Å². The number of rotatable bonds is 14. The fraction of sp³-hybridized carbons (Fsp3) is 0.444. The molecular formula is C36H41Cl3N4O4. The first-order chi connectivity index (χ1) is 22.8. The molecule has 3 aliphatic rings. The molecule has 6 rings (SSSR count). The van der Waals surface area contributed by atoms with E-state index in [-0.39, 0.29) is 37.2 Å². The first kappa shape index (κ1) is 34.0. The van der Waals surface area contributed by atoms with Crippen LogP contribution in [0.5, 0.6) is 11.6 Å². The molecule has 1 saturated heterocycles. The van der Waals surface area contributed by atoms with Crippen molar-refractivity contribution in [2.24, 2.45) is 0 Å². The Morgan fingerprint density at radius 2 is 1.77 bits per heavy atom. The lowest BCUT2D eigenvalue weighted by Crippen LogP contribution is -2.60.